The molecule has 0 aliphatic carbocycles. The van der Waals surface area contributed by atoms with Crippen LogP contribution in [0.25, 0.3) is 0 Å². The normalized spacial score (nSPS) is 14.6. The summed E-state index contributed by atoms with van der Waals surface area (Å²) in [5, 5.41) is 10.5. The van der Waals surface area contributed by atoms with Gasteiger partial charge in [-0.25, -0.2) is 14.1 Å². The molecule has 2 aromatic carbocycles. The lowest BCUT2D eigenvalue weighted by atomic mass is 10.2. The summed E-state index contributed by atoms with van der Waals surface area (Å²) in [7, 11) is 0. The van der Waals surface area contributed by atoms with Crippen molar-refractivity contribution in [3.05, 3.63) is 59.7 Å². The van der Waals surface area contributed by atoms with Crippen molar-refractivity contribution in [3.8, 4) is 17.2 Å². The highest BCUT2D eigenvalue weighted by Gasteiger charge is 2.29. The third kappa shape index (κ3) is 3.35. The highest BCUT2D eigenvalue weighted by Crippen LogP contribution is 2.33. The van der Waals surface area contributed by atoms with Gasteiger partial charge in [0.2, 0.25) is 11.9 Å². The molecule has 2 aliphatic rings. The first-order valence-corrected chi connectivity index (χ1v) is 9.85. The predicted octanol–water partition coefficient (Wildman–Crippen LogP) is 2.61. The Morgan fingerprint density at radius 3 is 2.83 bits per heavy atom. The van der Waals surface area contributed by atoms with Crippen molar-refractivity contribution < 1.29 is 23.4 Å². The molecule has 3 heterocycles. The Labute approximate surface area is 169 Å². The lowest BCUT2D eigenvalue weighted by Crippen LogP contribution is -2.45. The molecule has 0 unspecified atom stereocenters. The molecule has 148 valence electrons. The van der Waals surface area contributed by atoms with Gasteiger partial charge in [0.05, 0.1) is 6.54 Å². The number of rotatable bonds is 4. The van der Waals surface area contributed by atoms with E-state index in [0.717, 1.165) is 0 Å². The number of carbonyl (C=O) groups excluding carboxylic acids is 1. The van der Waals surface area contributed by atoms with Crippen LogP contribution in [0.4, 0.5) is 4.39 Å². The number of thioether (sulfide) groups is 1. The van der Waals surface area contributed by atoms with Crippen LogP contribution in [0, 0.1) is 5.82 Å². The first-order valence-electron chi connectivity index (χ1n) is 8.86. The zero-order chi connectivity index (χ0) is 19.8. The molecular formula is C19H15FN4O4S. The van der Waals surface area contributed by atoms with Gasteiger partial charge in [0.1, 0.15) is 18.2 Å². The summed E-state index contributed by atoms with van der Waals surface area (Å²) in [6.07, 6.45) is 0. The maximum Gasteiger partial charge on any atom is 0.272 e. The van der Waals surface area contributed by atoms with Crippen molar-refractivity contribution in [1.82, 2.24) is 14.9 Å². The van der Waals surface area contributed by atoms with Gasteiger partial charge >= 0.3 is 0 Å². The van der Waals surface area contributed by atoms with Crippen molar-refractivity contribution >= 4 is 17.7 Å². The largest absolute Gasteiger partial charge is 0.486 e. The molecule has 1 aromatic heterocycles. The summed E-state index contributed by atoms with van der Waals surface area (Å²) in [6, 6.07) is 10.8. The molecule has 0 bridgehead atoms. The molecule has 0 saturated carbocycles. The standard InChI is InChI=1S/C19H15FN4O4S/c20-13-2-4-14(5-3-13)26-10-17-21-22-19-24(17)23(7-8-29-19)18(25)12-1-6-15-16(9-12)28-11-27-15/h1-6,9H,7-8,10-11H2. The molecule has 2 aliphatic heterocycles. The number of carbonyl (C=O) groups is 1. The fraction of sp³-hybridized carbons (Fsp3) is 0.211. The van der Waals surface area contributed by atoms with Gasteiger partial charge in [-0.3, -0.25) is 4.79 Å². The number of nitrogens with zero attached hydrogens (tertiary/aromatic N) is 4. The van der Waals surface area contributed by atoms with Crippen LogP contribution in [-0.4, -0.2) is 39.9 Å². The van der Waals surface area contributed by atoms with Crippen LogP contribution in [-0.2, 0) is 6.61 Å². The van der Waals surface area contributed by atoms with E-state index in [4.69, 9.17) is 14.2 Å². The van der Waals surface area contributed by atoms with Gasteiger partial charge in [-0.15, -0.1) is 10.2 Å². The van der Waals surface area contributed by atoms with Crippen molar-refractivity contribution in [2.24, 2.45) is 0 Å². The Morgan fingerprint density at radius 2 is 1.97 bits per heavy atom. The van der Waals surface area contributed by atoms with Gasteiger partial charge < -0.3 is 14.2 Å². The van der Waals surface area contributed by atoms with E-state index in [-0.39, 0.29) is 25.1 Å². The lowest BCUT2D eigenvalue weighted by molar-refractivity contribution is 0.0952. The molecule has 0 spiro atoms. The number of hydrogen-bond acceptors (Lipinski definition) is 7. The van der Waals surface area contributed by atoms with Crippen LogP contribution < -0.4 is 19.2 Å². The molecule has 29 heavy (non-hydrogen) atoms. The summed E-state index contributed by atoms with van der Waals surface area (Å²) in [5.74, 6) is 2.31. The fourth-order valence-electron chi connectivity index (χ4n) is 3.09. The first kappa shape index (κ1) is 17.8. The topological polar surface area (TPSA) is 78.7 Å². The van der Waals surface area contributed by atoms with Crippen molar-refractivity contribution in [2.45, 2.75) is 11.8 Å². The van der Waals surface area contributed by atoms with Crippen LogP contribution in [0.3, 0.4) is 0 Å². The van der Waals surface area contributed by atoms with Crippen LogP contribution in [0.15, 0.2) is 47.6 Å². The molecule has 1 amide bonds. The summed E-state index contributed by atoms with van der Waals surface area (Å²) < 4.78 is 31.1. The Kier molecular flexibility index (Phi) is 4.47. The average Bonchev–Trinajstić information content (AvgIpc) is 3.39. The highest BCUT2D eigenvalue weighted by atomic mass is 32.2. The van der Waals surface area contributed by atoms with E-state index in [9.17, 15) is 9.18 Å². The number of amides is 1. The quantitative estimate of drug-likeness (QED) is 0.649. The molecule has 0 atom stereocenters. The van der Waals surface area contributed by atoms with Crippen LogP contribution in [0.5, 0.6) is 17.2 Å². The van der Waals surface area contributed by atoms with Gasteiger partial charge in [-0.1, -0.05) is 11.8 Å². The zero-order valence-corrected chi connectivity index (χ0v) is 15.9. The Bertz CT molecular complexity index is 1070. The number of fused-ring (bicyclic) bond motifs is 2. The number of halogens is 1. The molecular weight excluding hydrogens is 399 g/mol. The summed E-state index contributed by atoms with van der Waals surface area (Å²) in [6.45, 7) is 0.727. The molecule has 10 heteroatoms. The van der Waals surface area contributed by atoms with Gasteiger partial charge in [0.15, 0.2) is 17.3 Å². The fourth-order valence-corrected chi connectivity index (χ4v) is 3.96. The lowest BCUT2D eigenvalue weighted by Gasteiger charge is -2.29. The number of ether oxygens (including phenoxy) is 3. The van der Waals surface area contributed by atoms with Crippen molar-refractivity contribution in [1.29, 1.82) is 0 Å². The second kappa shape index (κ2) is 7.28. The van der Waals surface area contributed by atoms with E-state index >= 15 is 0 Å². The average molecular weight is 414 g/mol. The number of benzene rings is 2. The minimum absolute atomic E-state index is 0.0874. The van der Waals surface area contributed by atoms with Crippen LogP contribution >= 0.6 is 11.8 Å². The van der Waals surface area contributed by atoms with Gasteiger partial charge in [-0.2, -0.15) is 0 Å². The van der Waals surface area contributed by atoms with E-state index in [1.54, 1.807) is 27.9 Å². The van der Waals surface area contributed by atoms with Gasteiger partial charge in [0, 0.05) is 11.3 Å². The highest BCUT2D eigenvalue weighted by molar-refractivity contribution is 7.99. The first-order chi connectivity index (χ1) is 14.2. The van der Waals surface area contributed by atoms with Gasteiger partial charge in [0.25, 0.3) is 5.91 Å². The SMILES string of the molecule is O=C(c1ccc2c(c1)OCO2)N1CCSc2nnc(COc3ccc(F)cc3)n21. The van der Waals surface area contributed by atoms with E-state index < -0.39 is 0 Å². The Morgan fingerprint density at radius 1 is 1.14 bits per heavy atom. The predicted molar refractivity (Wildman–Crippen MR) is 101 cm³/mol. The number of aromatic nitrogens is 3. The van der Waals surface area contributed by atoms with E-state index in [1.165, 1.54) is 36.0 Å². The minimum Gasteiger partial charge on any atom is -0.486 e. The molecule has 8 nitrogen and oxygen atoms in total. The summed E-state index contributed by atoms with van der Waals surface area (Å²) in [4.78, 5) is 13.2. The summed E-state index contributed by atoms with van der Waals surface area (Å²) in [5.41, 5.74) is 0.478. The minimum atomic E-state index is -0.339. The van der Waals surface area contributed by atoms with Crippen LogP contribution in [0.2, 0.25) is 0 Å². The molecule has 0 radical (unpaired) electrons. The van der Waals surface area contributed by atoms with E-state index in [0.29, 0.717) is 46.1 Å². The van der Waals surface area contributed by atoms with Crippen molar-refractivity contribution in [3.63, 3.8) is 0 Å². The monoisotopic (exact) mass is 414 g/mol. The van der Waals surface area contributed by atoms with E-state index in [2.05, 4.69) is 10.2 Å². The zero-order valence-electron chi connectivity index (χ0n) is 15.1. The third-order valence-electron chi connectivity index (χ3n) is 4.49. The third-order valence-corrected chi connectivity index (χ3v) is 5.39. The molecule has 5 rings (SSSR count). The van der Waals surface area contributed by atoms with Crippen LogP contribution in [0.1, 0.15) is 16.2 Å². The molecule has 0 fully saturated rings. The Hall–Kier alpha value is -3.27. The summed E-state index contributed by atoms with van der Waals surface area (Å²) >= 11 is 1.52. The van der Waals surface area contributed by atoms with Crippen molar-refractivity contribution in [2.75, 3.05) is 24.1 Å². The maximum atomic E-state index is 13.2. The van der Waals surface area contributed by atoms with E-state index in [1.807, 2.05) is 0 Å². The molecule has 0 saturated heterocycles. The molecule has 0 N–H and O–H groups in total. The smallest absolute Gasteiger partial charge is 0.272 e. The Balaban J connectivity index is 1.40. The number of hydrogen-bond donors (Lipinski definition) is 0. The second-order valence-electron chi connectivity index (χ2n) is 6.30. The van der Waals surface area contributed by atoms with Gasteiger partial charge in [-0.05, 0) is 42.5 Å². The second-order valence-corrected chi connectivity index (χ2v) is 7.36. The molecule has 3 aromatic rings. The maximum absolute atomic E-state index is 13.2.